The summed E-state index contributed by atoms with van der Waals surface area (Å²) in [5, 5.41) is 8.60. The minimum absolute atomic E-state index is 0. The Morgan fingerprint density at radius 3 is 2.31 bits per heavy atom. The maximum absolute atomic E-state index is 12.4. The molecule has 2 nitrogen and oxygen atoms in total. The molecule has 0 bridgehead atoms. The molecule has 0 aliphatic heterocycles. The van der Waals surface area contributed by atoms with Gasteiger partial charge in [0, 0.05) is 12.6 Å². The van der Waals surface area contributed by atoms with Gasteiger partial charge in [-0.2, -0.15) is 0 Å². The van der Waals surface area contributed by atoms with Crippen LogP contribution in [-0.2, 0) is 0 Å². The molecule has 1 atom stereocenters. The summed E-state index contributed by atoms with van der Waals surface area (Å²) < 4.78 is 12.4. The number of halogens is 2. The molecule has 1 rings (SSSR count). The van der Waals surface area contributed by atoms with E-state index in [4.69, 9.17) is 10.8 Å². The van der Waals surface area contributed by atoms with E-state index in [2.05, 4.69) is 0 Å². The summed E-state index contributed by atoms with van der Waals surface area (Å²) in [6, 6.07) is 5.81. The smallest absolute Gasteiger partial charge is 0.123 e. The second kappa shape index (κ2) is 5.91. The van der Waals surface area contributed by atoms with Gasteiger partial charge in [-0.05, 0) is 24.1 Å². The highest BCUT2D eigenvalue weighted by atomic mass is 35.5. The summed E-state index contributed by atoms with van der Waals surface area (Å²) in [5.74, 6) is -0.269. The first-order chi connectivity index (χ1) is 5.74. The first kappa shape index (κ1) is 12.4. The van der Waals surface area contributed by atoms with Crippen molar-refractivity contribution in [2.24, 2.45) is 5.73 Å². The van der Waals surface area contributed by atoms with Crippen molar-refractivity contribution in [3.63, 3.8) is 0 Å². The molecule has 0 saturated heterocycles. The summed E-state index contributed by atoms with van der Waals surface area (Å²) in [6.45, 7) is 0.0541. The van der Waals surface area contributed by atoms with Crippen LogP contribution in [0.2, 0.25) is 0 Å². The quantitative estimate of drug-likeness (QED) is 0.788. The molecule has 0 radical (unpaired) electrons. The molecule has 1 aromatic carbocycles. The van der Waals surface area contributed by atoms with Crippen LogP contribution in [0.1, 0.15) is 18.0 Å². The van der Waals surface area contributed by atoms with Crippen LogP contribution in [0.25, 0.3) is 0 Å². The molecular weight excluding hydrogens is 193 g/mol. The molecule has 0 aliphatic rings. The number of rotatable bonds is 3. The monoisotopic (exact) mass is 205 g/mol. The topological polar surface area (TPSA) is 46.2 Å². The standard InChI is InChI=1S/C9H12FNO.ClH/c10-8-3-1-7(2-4-8)9(11)5-6-12;/h1-4,9,12H,5-6,11H2;1H/t9-;/m0./s1. The highest BCUT2D eigenvalue weighted by molar-refractivity contribution is 5.85. The van der Waals surface area contributed by atoms with Gasteiger partial charge in [0.2, 0.25) is 0 Å². The number of nitrogens with two attached hydrogens (primary N) is 1. The van der Waals surface area contributed by atoms with Crippen LogP contribution in [0.4, 0.5) is 4.39 Å². The molecular formula is C9H13ClFNO. The van der Waals surface area contributed by atoms with Gasteiger partial charge in [-0.25, -0.2) is 4.39 Å². The fraction of sp³-hybridized carbons (Fsp3) is 0.333. The Hall–Kier alpha value is -0.640. The minimum atomic E-state index is -0.269. The van der Waals surface area contributed by atoms with E-state index in [1.807, 2.05) is 0 Å². The molecule has 3 N–H and O–H groups in total. The van der Waals surface area contributed by atoms with Gasteiger partial charge in [0.05, 0.1) is 0 Å². The molecule has 13 heavy (non-hydrogen) atoms. The van der Waals surface area contributed by atoms with E-state index in [1.54, 1.807) is 12.1 Å². The minimum Gasteiger partial charge on any atom is -0.396 e. The average Bonchev–Trinajstić information content (AvgIpc) is 2.06. The van der Waals surface area contributed by atoms with E-state index in [-0.39, 0.29) is 30.9 Å². The number of hydrogen-bond acceptors (Lipinski definition) is 2. The van der Waals surface area contributed by atoms with Crippen LogP contribution < -0.4 is 5.73 Å². The van der Waals surface area contributed by atoms with Crippen molar-refractivity contribution in [1.82, 2.24) is 0 Å². The molecule has 0 unspecified atom stereocenters. The van der Waals surface area contributed by atoms with E-state index in [0.29, 0.717) is 6.42 Å². The maximum Gasteiger partial charge on any atom is 0.123 e. The first-order valence-electron chi connectivity index (χ1n) is 3.86. The van der Waals surface area contributed by atoms with Gasteiger partial charge in [0.15, 0.2) is 0 Å². The van der Waals surface area contributed by atoms with Gasteiger partial charge in [-0.15, -0.1) is 12.4 Å². The van der Waals surface area contributed by atoms with Crippen LogP contribution in [0.5, 0.6) is 0 Å². The zero-order valence-corrected chi connectivity index (χ0v) is 7.93. The van der Waals surface area contributed by atoms with Crippen LogP contribution in [-0.4, -0.2) is 11.7 Å². The zero-order valence-electron chi connectivity index (χ0n) is 7.11. The van der Waals surface area contributed by atoms with Crippen LogP contribution in [0.15, 0.2) is 24.3 Å². The average molecular weight is 206 g/mol. The second-order valence-corrected chi connectivity index (χ2v) is 2.67. The Labute approximate surface area is 83.0 Å². The molecule has 74 valence electrons. The molecule has 4 heteroatoms. The predicted molar refractivity (Wildman–Crippen MR) is 52.3 cm³/mol. The summed E-state index contributed by atoms with van der Waals surface area (Å²) in [5.41, 5.74) is 6.53. The normalized spacial score (nSPS) is 11.9. The molecule has 1 aromatic rings. The highest BCUT2D eigenvalue weighted by Crippen LogP contribution is 2.13. The fourth-order valence-electron chi connectivity index (χ4n) is 1.02. The van der Waals surface area contributed by atoms with Crippen LogP contribution in [0, 0.1) is 5.82 Å². The van der Waals surface area contributed by atoms with Gasteiger partial charge in [-0.1, -0.05) is 12.1 Å². The number of aliphatic hydroxyl groups excluding tert-OH is 1. The molecule has 0 fully saturated rings. The third-order valence-electron chi connectivity index (χ3n) is 1.74. The molecule has 0 heterocycles. The third kappa shape index (κ3) is 3.72. The van der Waals surface area contributed by atoms with Crippen molar-refractivity contribution in [2.75, 3.05) is 6.61 Å². The number of benzene rings is 1. The Kier molecular flexibility index (Phi) is 5.62. The van der Waals surface area contributed by atoms with Gasteiger partial charge in [-0.3, -0.25) is 0 Å². The van der Waals surface area contributed by atoms with Crippen molar-refractivity contribution in [3.05, 3.63) is 35.6 Å². The van der Waals surface area contributed by atoms with Crippen molar-refractivity contribution in [2.45, 2.75) is 12.5 Å². The van der Waals surface area contributed by atoms with Crippen molar-refractivity contribution >= 4 is 12.4 Å². The Bertz CT molecular complexity index is 240. The summed E-state index contributed by atoms with van der Waals surface area (Å²) in [7, 11) is 0. The maximum atomic E-state index is 12.4. The lowest BCUT2D eigenvalue weighted by Gasteiger charge is -2.09. The summed E-state index contributed by atoms with van der Waals surface area (Å²) in [6.07, 6.45) is 0.506. The lowest BCUT2D eigenvalue weighted by Crippen LogP contribution is -2.11. The lowest BCUT2D eigenvalue weighted by molar-refractivity contribution is 0.276. The lowest BCUT2D eigenvalue weighted by atomic mass is 10.1. The van der Waals surface area contributed by atoms with Gasteiger partial charge >= 0.3 is 0 Å². The van der Waals surface area contributed by atoms with Gasteiger partial charge in [0.1, 0.15) is 5.82 Å². The zero-order chi connectivity index (χ0) is 8.97. The van der Waals surface area contributed by atoms with Gasteiger partial charge < -0.3 is 10.8 Å². The number of hydrogen-bond donors (Lipinski definition) is 2. The Balaban J connectivity index is 0.00000144. The molecule has 0 saturated carbocycles. The van der Waals surface area contributed by atoms with E-state index in [1.165, 1.54) is 12.1 Å². The van der Waals surface area contributed by atoms with Crippen LogP contribution >= 0.6 is 12.4 Å². The van der Waals surface area contributed by atoms with E-state index in [0.717, 1.165) is 5.56 Å². The Morgan fingerprint density at radius 2 is 1.85 bits per heavy atom. The molecule has 0 aromatic heterocycles. The van der Waals surface area contributed by atoms with E-state index in [9.17, 15) is 4.39 Å². The Morgan fingerprint density at radius 1 is 1.31 bits per heavy atom. The predicted octanol–water partition coefficient (Wildman–Crippen LogP) is 1.63. The number of aliphatic hydroxyl groups is 1. The van der Waals surface area contributed by atoms with Crippen LogP contribution in [0.3, 0.4) is 0 Å². The van der Waals surface area contributed by atoms with Gasteiger partial charge in [0.25, 0.3) is 0 Å². The highest BCUT2D eigenvalue weighted by Gasteiger charge is 2.03. The SMILES string of the molecule is Cl.N[C@@H](CCO)c1ccc(F)cc1. The fourth-order valence-corrected chi connectivity index (χ4v) is 1.02. The summed E-state index contributed by atoms with van der Waals surface area (Å²) in [4.78, 5) is 0. The second-order valence-electron chi connectivity index (χ2n) is 2.67. The summed E-state index contributed by atoms with van der Waals surface area (Å²) >= 11 is 0. The van der Waals surface area contributed by atoms with Crippen molar-refractivity contribution < 1.29 is 9.50 Å². The third-order valence-corrected chi connectivity index (χ3v) is 1.74. The van der Waals surface area contributed by atoms with Crippen molar-refractivity contribution in [3.8, 4) is 0 Å². The molecule has 0 spiro atoms. The molecule has 0 aliphatic carbocycles. The first-order valence-corrected chi connectivity index (χ1v) is 3.86. The van der Waals surface area contributed by atoms with E-state index >= 15 is 0 Å². The van der Waals surface area contributed by atoms with Crippen molar-refractivity contribution in [1.29, 1.82) is 0 Å². The molecule has 0 amide bonds. The van der Waals surface area contributed by atoms with E-state index < -0.39 is 0 Å². The largest absolute Gasteiger partial charge is 0.396 e.